The minimum Gasteiger partial charge on any atom is -0.508 e. The molecule has 0 heterocycles. The first kappa shape index (κ1) is 13.5. The summed E-state index contributed by atoms with van der Waals surface area (Å²) in [6, 6.07) is 6.12. The predicted molar refractivity (Wildman–Crippen MR) is 65.9 cm³/mol. The molecule has 17 heavy (non-hydrogen) atoms. The second-order valence-electron chi connectivity index (χ2n) is 4.54. The summed E-state index contributed by atoms with van der Waals surface area (Å²) >= 11 is 0. The van der Waals surface area contributed by atoms with E-state index in [0.29, 0.717) is 0 Å². The average Bonchev–Trinajstić information content (AvgIpc) is 2.24. The van der Waals surface area contributed by atoms with E-state index in [-0.39, 0.29) is 17.7 Å². The van der Waals surface area contributed by atoms with Crippen LogP contribution in [0.25, 0.3) is 0 Å². The monoisotopic (exact) mass is 237 g/mol. The van der Waals surface area contributed by atoms with E-state index < -0.39 is 12.0 Å². The third-order valence-electron chi connectivity index (χ3n) is 2.73. The first-order valence-electron chi connectivity index (χ1n) is 5.69. The summed E-state index contributed by atoms with van der Waals surface area (Å²) in [5.41, 5.74) is 0.872. The minimum absolute atomic E-state index is 0.00672. The number of carboxylic acids is 1. The lowest BCUT2D eigenvalue weighted by Gasteiger charge is -2.23. The van der Waals surface area contributed by atoms with E-state index in [2.05, 4.69) is 5.32 Å². The molecular formula is C13H19NO3. The number of hydrogen-bond acceptors (Lipinski definition) is 3. The van der Waals surface area contributed by atoms with Crippen LogP contribution in [0.15, 0.2) is 24.3 Å². The topological polar surface area (TPSA) is 69.6 Å². The lowest BCUT2D eigenvalue weighted by atomic mass is 10.0. The van der Waals surface area contributed by atoms with Crippen LogP contribution in [-0.4, -0.2) is 22.2 Å². The van der Waals surface area contributed by atoms with E-state index in [0.717, 1.165) is 5.56 Å². The van der Waals surface area contributed by atoms with Crippen LogP contribution in [0.2, 0.25) is 0 Å². The van der Waals surface area contributed by atoms with E-state index in [1.54, 1.807) is 18.2 Å². The standard InChI is InChI=1S/C13H19NO3/c1-8(2)12(13(16)17)14-9(3)10-5-4-6-11(15)7-10/h4-9,12,14-15H,1-3H3,(H,16,17). The van der Waals surface area contributed by atoms with E-state index in [4.69, 9.17) is 5.11 Å². The Morgan fingerprint density at radius 3 is 2.41 bits per heavy atom. The Labute approximate surface area is 101 Å². The van der Waals surface area contributed by atoms with Crippen molar-refractivity contribution >= 4 is 5.97 Å². The van der Waals surface area contributed by atoms with Crippen LogP contribution in [0.4, 0.5) is 0 Å². The number of benzene rings is 1. The fourth-order valence-electron chi connectivity index (χ4n) is 1.71. The maximum Gasteiger partial charge on any atom is 0.320 e. The van der Waals surface area contributed by atoms with Crippen molar-refractivity contribution in [2.75, 3.05) is 0 Å². The van der Waals surface area contributed by atoms with E-state index in [1.807, 2.05) is 26.8 Å². The number of phenolic OH excluding ortho intramolecular Hbond substituents is 1. The molecule has 4 nitrogen and oxygen atoms in total. The molecule has 0 bridgehead atoms. The maximum absolute atomic E-state index is 11.1. The Morgan fingerprint density at radius 1 is 1.29 bits per heavy atom. The Hall–Kier alpha value is -1.55. The molecule has 1 aromatic carbocycles. The lowest BCUT2D eigenvalue weighted by molar-refractivity contribution is -0.140. The lowest BCUT2D eigenvalue weighted by Crippen LogP contribution is -2.42. The molecule has 0 radical (unpaired) electrons. The second kappa shape index (κ2) is 5.68. The quantitative estimate of drug-likeness (QED) is 0.734. The van der Waals surface area contributed by atoms with Crippen molar-refractivity contribution in [3.8, 4) is 5.75 Å². The number of rotatable bonds is 5. The highest BCUT2D eigenvalue weighted by atomic mass is 16.4. The van der Waals surface area contributed by atoms with Crippen LogP contribution < -0.4 is 5.32 Å². The van der Waals surface area contributed by atoms with Gasteiger partial charge in [0.25, 0.3) is 0 Å². The van der Waals surface area contributed by atoms with Gasteiger partial charge in [0.2, 0.25) is 0 Å². The molecule has 0 aliphatic rings. The van der Waals surface area contributed by atoms with Crippen LogP contribution in [0.5, 0.6) is 5.75 Å². The zero-order valence-corrected chi connectivity index (χ0v) is 10.3. The smallest absolute Gasteiger partial charge is 0.320 e. The maximum atomic E-state index is 11.1. The van der Waals surface area contributed by atoms with Crippen molar-refractivity contribution in [3.05, 3.63) is 29.8 Å². The SMILES string of the molecule is CC(NC(C(=O)O)C(C)C)c1cccc(O)c1. The number of carboxylic acid groups (broad SMARTS) is 1. The van der Waals surface area contributed by atoms with Gasteiger partial charge in [-0.15, -0.1) is 0 Å². The van der Waals surface area contributed by atoms with Gasteiger partial charge in [-0.1, -0.05) is 26.0 Å². The number of aliphatic carboxylic acids is 1. The molecule has 3 N–H and O–H groups in total. The van der Waals surface area contributed by atoms with Gasteiger partial charge in [-0.25, -0.2) is 0 Å². The first-order chi connectivity index (χ1) is 7.91. The number of carbonyl (C=O) groups is 1. The number of phenols is 1. The van der Waals surface area contributed by atoms with Crippen LogP contribution in [0, 0.1) is 5.92 Å². The highest BCUT2D eigenvalue weighted by molar-refractivity contribution is 5.73. The van der Waals surface area contributed by atoms with E-state index >= 15 is 0 Å². The second-order valence-corrected chi connectivity index (χ2v) is 4.54. The molecule has 0 aliphatic carbocycles. The van der Waals surface area contributed by atoms with Crippen molar-refractivity contribution in [2.24, 2.45) is 5.92 Å². The zero-order chi connectivity index (χ0) is 13.0. The molecular weight excluding hydrogens is 218 g/mol. The summed E-state index contributed by atoms with van der Waals surface area (Å²) in [5.74, 6) is -0.660. The van der Waals surface area contributed by atoms with Gasteiger partial charge >= 0.3 is 5.97 Å². The normalized spacial score (nSPS) is 14.6. The van der Waals surface area contributed by atoms with Gasteiger partial charge in [-0.05, 0) is 30.5 Å². The molecule has 0 amide bonds. The highest BCUT2D eigenvalue weighted by Crippen LogP contribution is 2.19. The highest BCUT2D eigenvalue weighted by Gasteiger charge is 2.23. The van der Waals surface area contributed by atoms with Gasteiger partial charge in [0.1, 0.15) is 11.8 Å². The number of hydrogen-bond donors (Lipinski definition) is 3. The summed E-state index contributed by atoms with van der Waals surface area (Å²) in [6.45, 7) is 5.61. The van der Waals surface area contributed by atoms with Gasteiger partial charge < -0.3 is 10.2 Å². The Morgan fingerprint density at radius 2 is 1.94 bits per heavy atom. The summed E-state index contributed by atoms with van der Waals surface area (Å²) in [5, 5.41) is 21.5. The molecule has 1 rings (SSSR count). The van der Waals surface area contributed by atoms with Gasteiger partial charge in [-0.3, -0.25) is 10.1 Å². The van der Waals surface area contributed by atoms with E-state index in [9.17, 15) is 9.90 Å². The average molecular weight is 237 g/mol. The molecule has 0 fully saturated rings. The molecule has 2 atom stereocenters. The summed E-state index contributed by atoms with van der Waals surface area (Å²) in [7, 11) is 0. The van der Waals surface area contributed by atoms with Gasteiger partial charge in [0.15, 0.2) is 0 Å². The molecule has 0 spiro atoms. The minimum atomic E-state index is -0.855. The van der Waals surface area contributed by atoms with Crippen LogP contribution >= 0.6 is 0 Å². The zero-order valence-electron chi connectivity index (χ0n) is 10.3. The van der Waals surface area contributed by atoms with Crippen molar-refractivity contribution in [1.29, 1.82) is 0 Å². The molecule has 4 heteroatoms. The molecule has 0 aromatic heterocycles. The van der Waals surface area contributed by atoms with Crippen LogP contribution in [-0.2, 0) is 4.79 Å². The third-order valence-corrected chi connectivity index (χ3v) is 2.73. The molecule has 1 aromatic rings. The predicted octanol–water partition coefficient (Wildman–Crippen LogP) is 2.15. The fourth-order valence-corrected chi connectivity index (χ4v) is 1.71. The number of nitrogens with one attached hydrogen (secondary N) is 1. The summed E-state index contributed by atoms with van der Waals surface area (Å²) < 4.78 is 0. The van der Waals surface area contributed by atoms with Crippen LogP contribution in [0.1, 0.15) is 32.4 Å². The van der Waals surface area contributed by atoms with Crippen molar-refractivity contribution in [1.82, 2.24) is 5.32 Å². The van der Waals surface area contributed by atoms with E-state index in [1.165, 1.54) is 0 Å². The summed E-state index contributed by atoms with van der Waals surface area (Å²) in [6.07, 6.45) is 0. The van der Waals surface area contributed by atoms with Crippen molar-refractivity contribution in [2.45, 2.75) is 32.9 Å². The molecule has 0 aliphatic heterocycles. The fraction of sp³-hybridized carbons (Fsp3) is 0.462. The van der Waals surface area contributed by atoms with Crippen LogP contribution in [0.3, 0.4) is 0 Å². The summed E-state index contributed by atoms with van der Waals surface area (Å²) in [4.78, 5) is 11.1. The molecule has 2 unspecified atom stereocenters. The molecule has 94 valence electrons. The Bertz CT molecular complexity index is 390. The van der Waals surface area contributed by atoms with Crippen molar-refractivity contribution in [3.63, 3.8) is 0 Å². The Kier molecular flexibility index (Phi) is 4.52. The van der Waals surface area contributed by atoms with Crippen molar-refractivity contribution < 1.29 is 15.0 Å². The number of aromatic hydroxyl groups is 1. The van der Waals surface area contributed by atoms with Gasteiger partial charge in [0.05, 0.1) is 0 Å². The van der Waals surface area contributed by atoms with Gasteiger partial charge in [0, 0.05) is 6.04 Å². The third kappa shape index (κ3) is 3.75. The largest absolute Gasteiger partial charge is 0.508 e. The van der Waals surface area contributed by atoms with Gasteiger partial charge in [-0.2, -0.15) is 0 Å². The Balaban J connectivity index is 2.77. The first-order valence-corrected chi connectivity index (χ1v) is 5.69. The molecule has 0 saturated carbocycles. The molecule has 0 saturated heterocycles.